The van der Waals surface area contributed by atoms with Crippen molar-refractivity contribution >= 4 is 5.78 Å². The number of hydrogen-bond acceptors (Lipinski definition) is 4. The van der Waals surface area contributed by atoms with Gasteiger partial charge in [-0.1, -0.05) is 12.1 Å². The Morgan fingerprint density at radius 2 is 2.11 bits per heavy atom. The Morgan fingerprint density at radius 1 is 1.32 bits per heavy atom. The average Bonchev–Trinajstić information content (AvgIpc) is 2.89. The van der Waals surface area contributed by atoms with Crippen LogP contribution in [0, 0.1) is 0 Å². The molecule has 0 aliphatic rings. The molecule has 1 aromatic heterocycles. The third-order valence-corrected chi connectivity index (χ3v) is 2.87. The smallest absolute Gasteiger partial charge is 0.214 e. The number of carbonyl (C=O) groups is 1. The van der Waals surface area contributed by atoms with Crippen molar-refractivity contribution in [2.75, 3.05) is 14.2 Å². The van der Waals surface area contributed by atoms with Crippen LogP contribution in [0.4, 0.5) is 0 Å². The van der Waals surface area contributed by atoms with Crippen molar-refractivity contribution in [2.45, 2.75) is 13.5 Å². The molecule has 0 N–H and O–H groups in total. The lowest BCUT2D eigenvalue weighted by Crippen LogP contribution is -2.11. The quantitative estimate of drug-likeness (QED) is 0.773. The first-order valence-corrected chi connectivity index (χ1v) is 5.99. The Labute approximate surface area is 111 Å². The van der Waals surface area contributed by atoms with Crippen molar-refractivity contribution < 1.29 is 14.3 Å². The highest BCUT2D eigenvalue weighted by molar-refractivity contribution is 6.09. The van der Waals surface area contributed by atoms with Crippen molar-refractivity contribution in [3.63, 3.8) is 0 Å². The number of aromatic nitrogens is 2. The van der Waals surface area contributed by atoms with Gasteiger partial charge in [0.1, 0.15) is 5.75 Å². The first-order valence-electron chi connectivity index (χ1n) is 5.99. The van der Waals surface area contributed by atoms with E-state index in [9.17, 15) is 4.79 Å². The molecule has 0 radical (unpaired) electrons. The third kappa shape index (κ3) is 2.45. The summed E-state index contributed by atoms with van der Waals surface area (Å²) in [4.78, 5) is 12.5. The van der Waals surface area contributed by atoms with Gasteiger partial charge in [0.05, 0.1) is 20.4 Å². The van der Waals surface area contributed by atoms with E-state index >= 15 is 0 Å². The second-order valence-corrected chi connectivity index (χ2v) is 3.94. The molecule has 0 spiro atoms. The van der Waals surface area contributed by atoms with Gasteiger partial charge in [0.25, 0.3) is 0 Å². The normalized spacial score (nSPS) is 10.3. The minimum atomic E-state index is -0.130. The van der Waals surface area contributed by atoms with E-state index < -0.39 is 0 Å². The molecule has 0 saturated carbocycles. The van der Waals surface area contributed by atoms with Crippen LogP contribution in [0.1, 0.15) is 23.0 Å². The zero-order valence-corrected chi connectivity index (χ0v) is 11.2. The molecule has 1 heterocycles. The Bertz CT molecular complexity index is 569. The summed E-state index contributed by atoms with van der Waals surface area (Å²) >= 11 is 0. The van der Waals surface area contributed by atoms with E-state index in [2.05, 4.69) is 5.10 Å². The fourth-order valence-corrected chi connectivity index (χ4v) is 1.89. The van der Waals surface area contributed by atoms with E-state index in [4.69, 9.17) is 9.47 Å². The number of rotatable bonds is 5. The number of hydrogen-bond donors (Lipinski definition) is 0. The SMILES string of the molecule is CCn1ncc(OC)c1C(=O)c1cccc(OC)c1. The monoisotopic (exact) mass is 260 g/mol. The van der Waals surface area contributed by atoms with Crippen molar-refractivity contribution in [3.8, 4) is 11.5 Å². The molecule has 1 aromatic carbocycles. The molecule has 0 atom stereocenters. The molecule has 0 saturated heterocycles. The first-order chi connectivity index (χ1) is 9.21. The number of carbonyl (C=O) groups excluding carboxylic acids is 1. The predicted molar refractivity (Wildman–Crippen MR) is 70.9 cm³/mol. The zero-order valence-electron chi connectivity index (χ0n) is 11.2. The Kier molecular flexibility index (Phi) is 3.85. The second kappa shape index (κ2) is 5.56. The molecular weight excluding hydrogens is 244 g/mol. The topological polar surface area (TPSA) is 53.4 Å². The van der Waals surface area contributed by atoms with Crippen molar-refractivity contribution in [1.82, 2.24) is 9.78 Å². The van der Waals surface area contributed by atoms with Gasteiger partial charge in [-0.3, -0.25) is 9.48 Å². The molecule has 100 valence electrons. The van der Waals surface area contributed by atoms with Crippen LogP contribution in [-0.4, -0.2) is 29.8 Å². The van der Waals surface area contributed by atoms with Crippen molar-refractivity contribution in [1.29, 1.82) is 0 Å². The summed E-state index contributed by atoms with van der Waals surface area (Å²) in [6, 6.07) is 7.03. The first kappa shape index (κ1) is 13.1. The van der Waals surface area contributed by atoms with Crippen LogP contribution in [0.3, 0.4) is 0 Å². The molecule has 0 aliphatic heterocycles. The molecular formula is C14H16N2O3. The van der Waals surface area contributed by atoms with Crippen molar-refractivity contribution in [3.05, 3.63) is 41.7 Å². The maximum absolute atomic E-state index is 12.5. The van der Waals surface area contributed by atoms with E-state index in [1.165, 1.54) is 7.11 Å². The fraction of sp³-hybridized carbons (Fsp3) is 0.286. The summed E-state index contributed by atoms with van der Waals surface area (Å²) in [6.07, 6.45) is 1.55. The van der Waals surface area contributed by atoms with Gasteiger partial charge in [0.2, 0.25) is 5.78 Å². The van der Waals surface area contributed by atoms with Crippen molar-refractivity contribution in [2.24, 2.45) is 0 Å². The molecule has 0 bridgehead atoms. The Hall–Kier alpha value is -2.30. The summed E-state index contributed by atoms with van der Waals surface area (Å²) in [6.45, 7) is 2.53. The van der Waals surface area contributed by atoms with Crippen LogP contribution in [0.2, 0.25) is 0 Å². The summed E-state index contributed by atoms with van der Waals surface area (Å²) in [5.41, 5.74) is 1.01. The predicted octanol–water partition coefficient (Wildman–Crippen LogP) is 2.15. The molecule has 2 rings (SSSR count). The molecule has 0 unspecified atom stereocenters. The number of nitrogens with zero attached hydrogens (tertiary/aromatic N) is 2. The van der Waals surface area contributed by atoms with Gasteiger partial charge in [-0.2, -0.15) is 5.10 Å². The number of ether oxygens (including phenoxy) is 2. The van der Waals surface area contributed by atoms with Crippen LogP contribution >= 0.6 is 0 Å². The highest BCUT2D eigenvalue weighted by Crippen LogP contribution is 2.23. The second-order valence-electron chi connectivity index (χ2n) is 3.94. The number of benzene rings is 1. The van der Waals surface area contributed by atoms with Crippen LogP contribution in [0.5, 0.6) is 11.5 Å². The summed E-state index contributed by atoms with van der Waals surface area (Å²) in [5.74, 6) is 0.997. The van der Waals surface area contributed by atoms with Gasteiger partial charge in [0, 0.05) is 12.1 Å². The van der Waals surface area contributed by atoms with E-state index in [-0.39, 0.29) is 5.78 Å². The van der Waals surface area contributed by atoms with Gasteiger partial charge < -0.3 is 9.47 Å². The van der Waals surface area contributed by atoms with Crippen LogP contribution in [0.25, 0.3) is 0 Å². The Balaban J connectivity index is 2.45. The maximum atomic E-state index is 12.5. The van der Waals surface area contributed by atoms with Gasteiger partial charge in [0.15, 0.2) is 11.4 Å². The third-order valence-electron chi connectivity index (χ3n) is 2.87. The lowest BCUT2D eigenvalue weighted by Gasteiger charge is -2.07. The van der Waals surface area contributed by atoms with Gasteiger partial charge in [-0.15, -0.1) is 0 Å². The summed E-state index contributed by atoms with van der Waals surface area (Å²) in [7, 11) is 3.10. The lowest BCUT2D eigenvalue weighted by molar-refractivity contribution is 0.102. The molecule has 5 heteroatoms. The molecule has 2 aromatic rings. The number of methoxy groups -OCH3 is 2. The van der Waals surface area contributed by atoms with E-state index in [0.717, 1.165) is 0 Å². The lowest BCUT2D eigenvalue weighted by atomic mass is 10.1. The molecule has 0 fully saturated rings. The minimum Gasteiger partial charge on any atom is -0.497 e. The summed E-state index contributed by atoms with van der Waals surface area (Å²) in [5, 5.41) is 4.13. The molecule has 5 nitrogen and oxygen atoms in total. The van der Waals surface area contributed by atoms with Gasteiger partial charge >= 0.3 is 0 Å². The molecule has 0 aliphatic carbocycles. The van der Waals surface area contributed by atoms with Gasteiger partial charge in [-0.25, -0.2) is 0 Å². The van der Waals surface area contributed by atoms with E-state index in [0.29, 0.717) is 29.3 Å². The van der Waals surface area contributed by atoms with Crippen LogP contribution in [0.15, 0.2) is 30.5 Å². The largest absolute Gasteiger partial charge is 0.497 e. The maximum Gasteiger partial charge on any atom is 0.214 e. The fourth-order valence-electron chi connectivity index (χ4n) is 1.89. The highest BCUT2D eigenvalue weighted by atomic mass is 16.5. The number of ketones is 1. The van der Waals surface area contributed by atoms with E-state index in [1.54, 1.807) is 42.3 Å². The average molecular weight is 260 g/mol. The number of aryl methyl sites for hydroxylation is 1. The van der Waals surface area contributed by atoms with Crippen LogP contribution in [-0.2, 0) is 6.54 Å². The van der Waals surface area contributed by atoms with Gasteiger partial charge in [-0.05, 0) is 19.1 Å². The highest BCUT2D eigenvalue weighted by Gasteiger charge is 2.20. The van der Waals surface area contributed by atoms with Crippen LogP contribution < -0.4 is 9.47 Å². The summed E-state index contributed by atoms with van der Waals surface area (Å²) < 4.78 is 11.9. The minimum absolute atomic E-state index is 0.130. The molecule has 19 heavy (non-hydrogen) atoms. The molecule has 0 amide bonds. The standard InChI is InChI=1S/C14H16N2O3/c1-4-16-13(12(19-3)9-15-16)14(17)10-6-5-7-11(8-10)18-2/h5-9H,4H2,1-3H3. The Morgan fingerprint density at radius 3 is 2.74 bits per heavy atom. The van der Waals surface area contributed by atoms with E-state index in [1.807, 2.05) is 6.92 Å². The zero-order chi connectivity index (χ0) is 13.8.